The molecule has 0 aliphatic heterocycles. The fraction of sp³-hybridized carbons (Fsp3) is 0.714. The zero-order valence-corrected chi connectivity index (χ0v) is 23.3. The van der Waals surface area contributed by atoms with Crippen molar-refractivity contribution in [2.45, 2.75) is 91.4 Å². The molecular formula is C28H47NO7. The van der Waals surface area contributed by atoms with Crippen molar-refractivity contribution in [3.8, 4) is 5.75 Å². The second kappa shape index (κ2) is 15.1. The van der Waals surface area contributed by atoms with E-state index in [-0.39, 0.29) is 18.3 Å². The van der Waals surface area contributed by atoms with Crippen LogP contribution in [0, 0.1) is 17.8 Å². The molecule has 1 rings (SSSR count). The number of rotatable bonds is 15. The summed E-state index contributed by atoms with van der Waals surface area (Å²) < 4.78 is 16.1. The largest absolute Gasteiger partial charge is 0.496 e. The summed E-state index contributed by atoms with van der Waals surface area (Å²) in [7, 11) is 3.35. The first kappa shape index (κ1) is 31.7. The van der Waals surface area contributed by atoms with Crippen molar-refractivity contribution in [1.29, 1.82) is 0 Å². The van der Waals surface area contributed by atoms with Crippen molar-refractivity contribution >= 4 is 12.1 Å². The number of benzene rings is 1. The van der Waals surface area contributed by atoms with Crippen molar-refractivity contribution in [3.05, 3.63) is 29.3 Å². The van der Waals surface area contributed by atoms with Crippen LogP contribution in [0.25, 0.3) is 0 Å². The molecule has 206 valence electrons. The number of hydrogen-bond donors (Lipinski definition) is 3. The molecular weight excluding hydrogens is 462 g/mol. The van der Waals surface area contributed by atoms with E-state index in [1.165, 1.54) is 0 Å². The van der Waals surface area contributed by atoms with Gasteiger partial charge in [0.05, 0.1) is 25.2 Å². The Kier molecular flexibility index (Phi) is 13.3. The standard InChI is InChI=1S/C28H47NO7/c1-18(2)22(16-20-11-12-25(35-8)21(15-20)10-9-13-34-7)17-23(24(30)14-19(3)26(31)32)29-27(33)36-28(4,5)6/h11-12,15,18-19,22-24,30H,9-10,13-14,16-17H2,1-8H3,(H,29,33)(H,31,32). The molecule has 0 heterocycles. The Morgan fingerprint density at radius 2 is 1.75 bits per heavy atom. The van der Waals surface area contributed by atoms with Crippen LogP contribution in [0.4, 0.5) is 4.79 Å². The third-order valence-corrected chi connectivity index (χ3v) is 6.32. The molecule has 1 aromatic carbocycles. The molecule has 0 aromatic heterocycles. The van der Waals surface area contributed by atoms with Gasteiger partial charge in [-0.15, -0.1) is 0 Å². The molecule has 3 N–H and O–H groups in total. The Labute approximate surface area is 216 Å². The van der Waals surface area contributed by atoms with Crippen LogP contribution in [0.1, 0.15) is 71.9 Å². The van der Waals surface area contributed by atoms with E-state index in [1.54, 1.807) is 41.9 Å². The number of amides is 1. The summed E-state index contributed by atoms with van der Waals surface area (Å²) in [6, 6.07) is 5.54. The lowest BCUT2D eigenvalue weighted by atomic mass is 9.81. The fourth-order valence-electron chi connectivity index (χ4n) is 4.18. The maximum atomic E-state index is 12.6. The molecule has 0 radical (unpaired) electrons. The number of alkyl carbamates (subject to hydrolysis) is 1. The van der Waals surface area contributed by atoms with Gasteiger partial charge in [0.15, 0.2) is 0 Å². The lowest BCUT2D eigenvalue weighted by Gasteiger charge is -2.32. The second-order valence-corrected chi connectivity index (χ2v) is 11.0. The summed E-state index contributed by atoms with van der Waals surface area (Å²) >= 11 is 0. The van der Waals surface area contributed by atoms with E-state index in [2.05, 4.69) is 25.2 Å². The van der Waals surface area contributed by atoms with E-state index in [4.69, 9.17) is 14.2 Å². The minimum atomic E-state index is -1.02. The van der Waals surface area contributed by atoms with Crippen molar-refractivity contribution < 1.29 is 34.0 Å². The average molecular weight is 510 g/mol. The Balaban J connectivity index is 3.12. The third-order valence-electron chi connectivity index (χ3n) is 6.32. The molecule has 0 aliphatic carbocycles. The van der Waals surface area contributed by atoms with Crippen LogP contribution in [0.5, 0.6) is 5.75 Å². The van der Waals surface area contributed by atoms with E-state index in [9.17, 15) is 19.8 Å². The molecule has 0 spiro atoms. The Morgan fingerprint density at radius 1 is 1.08 bits per heavy atom. The maximum Gasteiger partial charge on any atom is 0.407 e. The van der Waals surface area contributed by atoms with Crippen LogP contribution in [0.3, 0.4) is 0 Å². The van der Waals surface area contributed by atoms with Crippen LogP contribution in [-0.4, -0.2) is 60.8 Å². The van der Waals surface area contributed by atoms with Crippen LogP contribution in [0.2, 0.25) is 0 Å². The minimum absolute atomic E-state index is 0.0345. The number of nitrogens with one attached hydrogen (secondary N) is 1. The first-order valence-electron chi connectivity index (χ1n) is 12.8. The second-order valence-electron chi connectivity index (χ2n) is 11.0. The van der Waals surface area contributed by atoms with Gasteiger partial charge in [-0.25, -0.2) is 4.79 Å². The molecule has 8 heteroatoms. The number of aliphatic carboxylic acids is 1. The number of aliphatic hydroxyl groups is 1. The van der Waals surface area contributed by atoms with Crippen molar-refractivity contribution in [1.82, 2.24) is 5.32 Å². The van der Waals surface area contributed by atoms with Crippen molar-refractivity contribution in [2.75, 3.05) is 20.8 Å². The van der Waals surface area contributed by atoms with Gasteiger partial charge in [0.2, 0.25) is 0 Å². The summed E-state index contributed by atoms with van der Waals surface area (Å²) in [5, 5.41) is 23.1. The van der Waals surface area contributed by atoms with Crippen molar-refractivity contribution in [2.24, 2.45) is 17.8 Å². The van der Waals surface area contributed by atoms with Crippen LogP contribution in [0.15, 0.2) is 18.2 Å². The maximum absolute atomic E-state index is 12.6. The first-order valence-corrected chi connectivity index (χ1v) is 12.8. The highest BCUT2D eigenvalue weighted by molar-refractivity contribution is 5.70. The van der Waals surface area contributed by atoms with Gasteiger partial charge in [0.25, 0.3) is 0 Å². The predicted molar refractivity (Wildman–Crippen MR) is 140 cm³/mol. The number of aliphatic hydroxyl groups excluding tert-OH is 1. The van der Waals surface area contributed by atoms with Gasteiger partial charge in [0, 0.05) is 13.7 Å². The van der Waals surface area contributed by atoms with Gasteiger partial charge < -0.3 is 29.7 Å². The van der Waals surface area contributed by atoms with Crippen LogP contribution >= 0.6 is 0 Å². The van der Waals surface area contributed by atoms with E-state index in [0.717, 1.165) is 36.1 Å². The smallest absolute Gasteiger partial charge is 0.407 e. The fourth-order valence-corrected chi connectivity index (χ4v) is 4.18. The number of carboxylic acid groups (broad SMARTS) is 1. The van der Waals surface area contributed by atoms with Gasteiger partial charge >= 0.3 is 12.1 Å². The van der Waals surface area contributed by atoms with Gasteiger partial charge in [0.1, 0.15) is 11.4 Å². The number of ether oxygens (including phenoxy) is 3. The molecule has 4 unspecified atom stereocenters. The monoisotopic (exact) mass is 509 g/mol. The predicted octanol–water partition coefficient (Wildman–Crippen LogP) is 4.84. The quantitative estimate of drug-likeness (QED) is 0.290. The first-order chi connectivity index (χ1) is 16.8. The Bertz CT molecular complexity index is 819. The van der Waals surface area contributed by atoms with Gasteiger partial charge in [-0.2, -0.15) is 0 Å². The zero-order chi connectivity index (χ0) is 27.5. The number of carboxylic acids is 1. The van der Waals surface area contributed by atoms with Crippen LogP contribution in [-0.2, 0) is 27.1 Å². The molecule has 0 bridgehead atoms. The molecule has 4 atom stereocenters. The highest BCUT2D eigenvalue weighted by Crippen LogP contribution is 2.28. The molecule has 0 aliphatic rings. The third kappa shape index (κ3) is 11.6. The normalized spacial score (nSPS) is 15.2. The lowest BCUT2D eigenvalue weighted by Crippen LogP contribution is -2.47. The molecule has 8 nitrogen and oxygen atoms in total. The van der Waals surface area contributed by atoms with Gasteiger partial charge in [-0.1, -0.05) is 32.9 Å². The summed E-state index contributed by atoms with van der Waals surface area (Å²) in [5.41, 5.74) is 1.58. The number of carbonyl (C=O) groups is 2. The molecule has 0 fully saturated rings. The molecule has 0 saturated heterocycles. The Hall–Kier alpha value is -2.32. The summed E-state index contributed by atoms with van der Waals surface area (Å²) in [5.74, 6) is -0.490. The molecule has 1 aromatic rings. The summed E-state index contributed by atoms with van der Waals surface area (Å²) in [6.45, 7) is 11.8. The highest BCUT2D eigenvalue weighted by atomic mass is 16.6. The summed E-state index contributed by atoms with van der Waals surface area (Å²) in [6.07, 6.45) is 1.34. The highest BCUT2D eigenvalue weighted by Gasteiger charge is 2.31. The SMILES string of the molecule is COCCCc1cc(CC(CC(NC(=O)OC(C)(C)C)C(O)CC(C)C(=O)O)C(C)C)ccc1OC. The average Bonchev–Trinajstić information content (AvgIpc) is 2.76. The Morgan fingerprint density at radius 3 is 2.28 bits per heavy atom. The van der Waals surface area contributed by atoms with Gasteiger partial charge in [-0.3, -0.25) is 4.79 Å². The number of hydrogen-bond acceptors (Lipinski definition) is 6. The van der Waals surface area contributed by atoms with E-state index in [0.29, 0.717) is 13.0 Å². The molecule has 0 saturated carbocycles. The lowest BCUT2D eigenvalue weighted by molar-refractivity contribution is -0.142. The van der Waals surface area contributed by atoms with Crippen molar-refractivity contribution in [3.63, 3.8) is 0 Å². The number of aryl methyl sites for hydroxylation is 1. The molecule has 1 amide bonds. The molecule has 36 heavy (non-hydrogen) atoms. The zero-order valence-electron chi connectivity index (χ0n) is 23.3. The number of methoxy groups -OCH3 is 2. The number of carbonyl (C=O) groups excluding carboxylic acids is 1. The minimum Gasteiger partial charge on any atom is -0.496 e. The van der Waals surface area contributed by atoms with Crippen LogP contribution < -0.4 is 10.1 Å². The van der Waals surface area contributed by atoms with E-state index in [1.807, 2.05) is 12.1 Å². The topological polar surface area (TPSA) is 114 Å². The van der Waals surface area contributed by atoms with Gasteiger partial charge in [-0.05, 0) is 81.9 Å². The summed E-state index contributed by atoms with van der Waals surface area (Å²) in [4.78, 5) is 23.9. The van der Waals surface area contributed by atoms with E-state index < -0.39 is 35.7 Å². The van der Waals surface area contributed by atoms with E-state index >= 15 is 0 Å².